The first-order chi connectivity index (χ1) is 15.8. The first-order valence-corrected chi connectivity index (χ1v) is 14.2. The predicted octanol–water partition coefficient (Wildman–Crippen LogP) is 8.76. The molecular formula is C24H30Cl4O4S2. The largest absolute Gasteiger partial charge is 0.458 e. The fourth-order valence-electron chi connectivity index (χ4n) is 2.66. The van der Waals surface area contributed by atoms with Gasteiger partial charge >= 0.3 is 11.9 Å². The molecule has 1 aromatic rings. The zero-order chi connectivity index (χ0) is 26.2. The SMILES string of the molecule is C=C(C)C(=O)OC(CC)CSc1c(C)c(C(Cl)Cl)c(Cl)c(Cl)c1SCC(CC)OC(=O)C(=C)C. The van der Waals surface area contributed by atoms with Crippen LogP contribution in [0, 0.1) is 6.92 Å². The molecule has 0 heterocycles. The van der Waals surface area contributed by atoms with Crippen molar-refractivity contribution in [2.45, 2.75) is 74.3 Å². The second kappa shape index (κ2) is 14.9. The zero-order valence-corrected chi connectivity index (χ0v) is 24.6. The monoisotopic (exact) mass is 586 g/mol. The predicted molar refractivity (Wildman–Crippen MR) is 147 cm³/mol. The van der Waals surface area contributed by atoms with E-state index in [0.717, 1.165) is 15.4 Å². The minimum absolute atomic E-state index is 0.286. The Bertz CT molecular complexity index is 934. The van der Waals surface area contributed by atoms with E-state index in [0.29, 0.717) is 46.1 Å². The molecule has 0 aliphatic rings. The number of esters is 2. The Labute approximate surface area is 231 Å². The smallest absolute Gasteiger partial charge is 0.333 e. The van der Waals surface area contributed by atoms with Gasteiger partial charge in [-0.05, 0) is 39.2 Å². The number of ether oxygens (including phenoxy) is 2. The van der Waals surface area contributed by atoms with Gasteiger partial charge < -0.3 is 9.47 Å². The van der Waals surface area contributed by atoms with Crippen LogP contribution in [0.4, 0.5) is 0 Å². The fraction of sp³-hybridized carbons (Fsp3) is 0.500. The van der Waals surface area contributed by atoms with Crippen molar-refractivity contribution in [1.29, 1.82) is 0 Å². The molecule has 1 rings (SSSR count). The average Bonchev–Trinajstić information content (AvgIpc) is 2.77. The van der Waals surface area contributed by atoms with Gasteiger partial charge in [-0.2, -0.15) is 0 Å². The van der Waals surface area contributed by atoms with Crippen LogP contribution in [0.25, 0.3) is 0 Å². The lowest BCUT2D eigenvalue weighted by molar-refractivity contribution is -0.144. The second-order valence-electron chi connectivity index (χ2n) is 7.68. The van der Waals surface area contributed by atoms with E-state index < -0.39 is 16.8 Å². The van der Waals surface area contributed by atoms with Crippen LogP contribution in [0.15, 0.2) is 34.1 Å². The Morgan fingerprint density at radius 1 is 0.853 bits per heavy atom. The summed E-state index contributed by atoms with van der Waals surface area (Å²) in [5.41, 5.74) is 2.01. The molecular weight excluding hydrogens is 558 g/mol. The maximum absolute atomic E-state index is 12.0. The van der Waals surface area contributed by atoms with E-state index in [1.165, 1.54) is 23.5 Å². The van der Waals surface area contributed by atoms with Crippen LogP contribution in [0.1, 0.15) is 56.5 Å². The Morgan fingerprint density at radius 3 is 1.62 bits per heavy atom. The molecule has 0 aliphatic heterocycles. The summed E-state index contributed by atoms with van der Waals surface area (Å²) in [6, 6.07) is 0. The highest BCUT2D eigenvalue weighted by Crippen LogP contribution is 2.49. The zero-order valence-electron chi connectivity index (χ0n) is 19.9. The van der Waals surface area contributed by atoms with Crippen LogP contribution in [0.3, 0.4) is 0 Å². The summed E-state index contributed by atoms with van der Waals surface area (Å²) < 4.78 is 11.0. The molecule has 0 N–H and O–H groups in total. The average molecular weight is 588 g/mol. The molecule has 0 fully saturated rings. The van der Waals surface area contributed by atoms with Crippen LogP contribution >= 0.6 is 69.9 Å². The third-order valence-electron chi connectivity index (χ3n) is 4.78. The number of rotatable bonds is 13. The van der Waals surface area contributed by atoms with E-state index in [4.69, 9.17) is 55.9 Å². The van der Waals surface area contributed by atoms with Gasteiger partial charge in [-0.15, -0.1) is 23.5 Å². The third-order valence-corrected chi connectivity index (χ3v) is 8.90. The highest BCUT2D eigenvalue weighted by atomic mass is 35.5. The maximum atomic E-state index is 12.0. The van der Waals surface area contributed by atoms with Gasteiger partial charge in [0.05, 0.1) is 10.0 Å². The molecule has 34 heavy (non-hydrogen) atoms. The van der Waals surface area contributed by atoms with E-state index in [-0.39, 0.29) is 17.2 Å². The lowest BCUT2D eigenvalue weighted by Crippen LogP contribution is -2.21. The Balaban J connectivity index is 3.29. The summed E-state index contributed by atoms with van der Waals surface area (Å²) in [7, 11) is 0. The van der Waals surface area contributed by atoms with Crippen LogP contribution < -0.4 is 0 Å². The molecule has 0 aliphatic carbocycles. The van der Waals surface area contributed by atoms with Crippen molar-refractivity contribution in [3.8, 4) is 0 Å². The Kier molecular flexibility index (Phi) is 13.8. The molecule has 4 nitrogen and oxygen atoms in total. The summed E-state index contributed by atoms with van der Waals surface area (Å²) in [4.78, 5) is 24.7. The van der Waals surface area contributed by atoms with Gasteiger partial charge in [0.1, 0.15) is 17.0 Å². The third kappa shape index (κ3) is 8.86. The summed E-state index contributed by atoms with van der Waals surface area (Å²) >= 11 is 28.5. The van der Waals surface area contributed by atoms with E-state index in [1.807, 2.05) is 20.8 Å². The molecule has 0 radical (unpaired) electrons. The van der Waals surface area contributed by atoms with Crippen molar-refractivity contribution < 1.29 is 19.1 Å². The lowest BCUT2D eigenvalue weighted by atomic mass is 10.1. The van der Waals surface area contributed by atoms with Crippen molar-refractivity contribution in [3.05, 3.63) is 45.5 Å². The van der Waals surface area contributed by atoms with Crippen LogP contribution in [0.2, 0.25) is 10.0 Å². The number of alkyl halides is 2. The highest BCUT2D eigenvalue weighted by Gasteiger charge is 2.26. The van der Waals surface area contributed by atoms with Crippen molar-refractivity contribution in [2.24, 2.45) is 0 Å². The number of hydrogen-bond acceptors (Lipinski definition) is 6. The summed E-state index contributed by atoms with van der Waals surface area (Å²) in [5, 5.41) is 0.614. The number of benzene rings is 1. The Hall–Kier alpha value is -0.500. The number of carbonyl (C=O) groups is 2. The number of halogens is 4. The van der Waals surface area contributed by atoms with Gasteiger partial charge in [0, 0.05) is 38.0 Å². The number of thioether (sulfide) groups is 2. The molecule has 0 aromatic heterocycles. The van der Waals surface area contributed by atoms with Gasteiger partial charge in [0.2, 0.25) is 0 Å². The normalized spacial score (nSPS) is 12.9. The minimum Gasteiger partial charge on any atom is -0.458 e. The maximum Gasteiger partial charge on any atom is 0.333 e. The highest BCUT2D eigenvalue weighted by molar-refractivity contribution is 8.02. The first-order valence-electron chi connectivity index (χ1n) is 10.6. The van der Waals surface area contributed by atoms with Crippen molar-refractivity contribution in [3.63, 3.8) is 0 Å². The Morgan fingerprint density at radius 2 is 1.26 bits per heavy atom. The van der Waals surface area contributed by atoms with E-state index in [2.05, 4.69) is 13.2 Å². The topological polar surface area (TPSA) is 52.6 Å². The summed E-state index contributed by atoms with van der Waals surface area (Å²) in [6.07, 6.45) is 0.587. The second-order valence-corrected chi connectivity index (χ2v) is 11.6. The molecule has 0 saturated heterocycles. The molecule has 0 amide bonds. The van der Waals surface area contributed by atoms with Crippen molar-refractivity contribution >= 4 is 81.9 Å². The molecule has 0 saturated carbocycles. The first kappa shape index (κ1) is 31.5. The molecule has 0 bridgehead atoms. The van der Waals surface area contributed by atoms with Crippen LogP contribution in [-0.2, 0) is 19.1 Å². The van der Waals surface area contributed by atoms with Gasteiger partial charge in [-0.3, -0.25) is 0 Å². The van der Waals surface area contributed by atoms with Gasteiger partial charge in [-0.1, -0.05) is 73.4 Å². The summed E-state index contributed by atoms with van der Waals surface area (Å²) in [5.74, 6) is 0.0823. The summed E-state index contributed by atoms with van der Waals surface area (Å²) in [6.45, 7) is 16.2. The van der Waals surface area contributed by atoms with Gasteiger partial charge in [-0.25, -0.2) is 9.59 Å². The molecule has 190 valence electrons. The molecule has 10 heteroatoms. The van der Waals surface area contributed by atoms with Crippen molar-refractivity contribution in [2.75, 3.05) is 11.5 Å². The number of hydrogen-bond donors (Lipinski definition) is 0. The molecule has 0 spiro atoms. The minimum atomic E-state index is -0.869. The van der Waals surface area contributed by atoms with Crippen LogP contribution in [0.5, 0.6) is 0 Å². The number of carbonyl (C=O) groups excluding carboxylic acids is 2. The lowest BCUT2D eigenvalue weighted by Gasteiger charge is -2.23. The quantitative estimate of drug-likeness (QED) is 0.0994. The van der Waals surface area contributed by atoms with E-state index in [1.54, 1.807) is 13.8 Å². The van der Waals surface area contributed by atoms with Crippen LogP contribution in [-0.4, -0.2) is 35.7 Å². The van der Waals surface area contributed by atoms with E-state index >= 15 is 0 Å². The molecule has 2 unspecified atom stereocenters. The fourth-order valence-corrected chi connectivity index (χ4v) is 6.88. The van der Waals surface area contributed by atoms with Crippen molar-refractivity contribution in [1.82, 2.24) is 0 Å². The van der Waals surface area contributed by atoms with E-state index in [9.17, 15) is 9.59 Å². The molecule has 2 atom stereocenters. The molecule has 1 aromatic carbocycles. The van der Waals surface area contributed by atoms with Gasteiger partial charge in [0.25, 0.3) is 0 Å². The standard InChI is InChI=1S/C24H30Cl4O4S2/c1-8-15(31-23(29)12(3)4)10-33-20-14(7)17(22(27)28)18(25)19(26)21(20)34-11-16(9-2)32-24(30)13(5)6/h15-16,22H,3,5,8-11H2,1-2,4,6-7H3. The van der Waals surface area contributed by atoms with Gasteiger partial charge in [0.15, 0.2) is 0 Å².